The van der Waals surface area contributed by atoms with Gasteiger partial charge in [-0.05, 0) is 52.7 Å². The zero-order valence-electron chi connectivity index (χ0n) is 18.1. The molecule has 158 valence electrons. The number of hydrogen-bond acceptors (Lipinski definition) is 4. The fourth-order valence-electron chi connectivity index (χ4n) is 3.03. The van der Waals surface area contributed by atoms with E-state index in [1.54, 1.807) is 13.8 Å². The topological polar surface area (TPSA) is 71.0 Å². The molecule has 1 aliphatic rings. The van der Waals surface area contributed by atoms with Crippen molar-refractivity contribution < 1.29 is 13.2 Å². The number of nitrogens with zero attached hydrogens (tertiary/aromatic N) is 2. The van der Waals surface area contributed by atoms with Crippen molar-refractivity contribution in [1.29, 1.82) is 0 Å². The van der Waals surface area contributed by atoms with Gasteiger partial charge in [0.25, 0.3) is 0 Å². The van der Waals surface area contributed by atoms with E-state index in [0.717, 1.165) is 23.6 Å². The fraction of sp³-hybridized carbons (Fsp3) is 0.667. The first-order valence-electron chi connectivity index (χ1n) is 9.91. The SMILES string of the molecule is CCNC(=NCc1cccc(COC(C)(C)C)c1)N1CCS(=O)(=O)C(C)(C)C1. The molecular formula is C21H35N3O3S. The van der Waals surface area contributed by atoms with Crippen molar-refractivity contribution in [2.24, 2.45) is 4.99 Å². The molecular weight excluding hydrogens is 374 g/mol. The lowest BCUT2D eigenvalue weighted by molar-refractivity contribution is -0.0149. The molecule has 0 spiro atoms. The number of nitrogens with one attached hydrogen (secondary N) is 1. The van der Waals surface area contributed by atoms with Gasteiger partial charge in [-0.25, -0.2) is 13.4 Å². The molecule has 1 N–H and O–H groups in total. The Hall–Kier alpha value is -1.60. The predicted molar refractivity (Wildman–Crippen MR) is 115 cm³/mol. The summed E-state index contributed by atoms with van der Waals surface area (Å²) in [6.45, 7) is 14.5. The second kappa shape index (κ2) is 8.82. The van der Waals surface area contributed by atoms with Crippen LogP contribution in [0.1, 0.15) is 52.7 Å². The van der Waals surface area contributed by atoms with Gasteiger partial charge in [-0.2, -0.15) is 0 Å². The molecule has 0 radical (unpaired) electrons. The minimum Gasteiger partial charge on any atom is -0.371 e. The van der Waals surface area contributed by atoms with Gasteiger partial charge in [-0.1, -0.05) is 24.3 Å². The Balaban J connectivity index is 2.11. The van der Waals surface area contributed by atoms with Gasteiger partial charge in [0.05, 0.1) is 29.3 Å². The Morgan fingerprint density at radius 3 is 2.57 bits per heavy atom. The van der Waals surface area contributed by atoms with Gasteiger partial charge in [-0.3, -0.25) is 0 Å². The summed E-state index contributed by atoms with van der Waals surface area (Å²) in [7, 11) is -3.07. The summed E-state index contributed by atoms with van der Waals surface area (Å²) in [6.07, 6.45) is 0. The van der Waals surface area contributed by atoms with Crippen LogP contribution >= 0.6 is 0 Å². The third-order valence-electron chi connectivity index (χ3n) is 4.75. The zero-order chi connectivity index (χ0) is 21.0. The van der Waals surface area contributed by atoms with Crippen LogP contribution in [0, 0.1) is 0 Å². The van der Waals surface area contributed by atoms with Crippen LogP contribution in [0.2, 0.25) is 0 Å². The van der Waals surface area contributed by atoms with E-state index in [4.69, 9.17) is 9.73 Å². The maximum atomic E-state index is 12.3. The highest BCUT2D eigenvalue weighted by Gasteiger charge is 2.40. The Morgan fingerprint density at radius 2 is 1.96 bits per heavy atom. The monoisotopic (exact) mass is 409 g/mol. The van der Waals surface area contributed by atoms with Gasteiger partial charge in [0.15, 0.2) is 15.8 Å². The first-order valence-corrected chi connectivity index (χ1v) is 11.6. The Morgan fingerprint density at radius 1 is 1.29 bits per heavy atom. The van der Waals surface area contributed by atoms with Crippen LogP contribution in [-0.4, -0.2) is 55.0 Å². The van der Waals surface area contributed by atoms with E-state index in [1.165, 1.54) is 0 Å². The second-order valence-corrected chi connectivity index (χ2v) is 11.6. The number of benzene rings is 1. The van der Waals surface area contributed by atoms with Crippen LogP contribution in [0.3, 0.4) is 0 Å². The van der Waals surface area contributed by atoms with E-state index in [1.807, 2.05) is 33.8 Å². The largest absolute Gasteiger partial charge is 0.371 e. The van der Waals surface area contributed by atoms with Crippen molar-refractivity contribution in [2.45, 2.75) is 65.0 Å². The summed E-state index contributed by atoms with van der Waals surface area (Å²) in [4.78, 5) is 6.82. The normalized spacial score (nSPS) is 19.5. The van der Waals surface area contributed by atoms with Crippen LogP contribution in [0.4, 0.5) is 0 Å². The third-order valence-corrected chi connectivity index (χ3v) is 7.29. The van der Waals surface area contributed by atoms with Crippen LogP contribution < -0.4 is 5.32 Å². The van der Waals surface area contributed by atoms with E-state index in [0.29, 0.717) is 26.2 Å². The third kappa shape index (κ3) is 6.21. The Kier molecular flexibility index (Phi) is 7.15. The van der Waals surface area contributed by atoms with Gasteiger partial charge in [-0.15, -0.1) is 0 Å². The van der Waals surface area contributed by atoms with Gasteiger partial charge >= 0.3 is 0 Å². The number of aliphatic imine (C=N–C) groups is 1. The van der Waals surface area contributed by atoms with Crippen molar-refractivity contribution in [3.63, 3.8) is 0 Å². The summed E-state index contributed by atoms with van der Waals surface area (Å²) in [6, 6.07) is 8.25. The van der Waals surface area contributed by atoms with Gasteiger partial charge in [0.2, 0.25) is 0 Å². The summed E-state index contributed by atoms with van der Waals surface area (Å²) in [5, 5.41) is 3.30. The van der Waals surface area contributed by atoms with Crippen LogP contribution in [0.5, 0.6) is 0 Å². The Bertz CT molecular complexity index is 795. The highest BCUT2D eigenvalue weighted by Crippen LogP contribution is 2.24. The highest BCUT2D eigenvalue weighted by atomic mass is 32.2. The molecule has 0 saturated carbocycles. The van der Waals surface area contributed by atoms with E-state index in [2.05, 4.69) is 28.4 Å². The molecule has 2 rings (SSSR count). The zero-order valence-corrected chi connectivity index (χ0v) is 18.9. The van der Waals surface area contributed by atoms with Gasteiger partial charge in [0, 0.05) is 19.6 Å². The summed E-state index contributed by atoms with van der Waals surface area (Å²) < 4.78 is 29.6. The van der Waals surface area contributed by atoms with E-state index >= 15 is 0 Å². The van der Waals surface area contributed by atoms with Crippen LogP contribution in [0.15, 0.2) is 29.3 Å². The molecule has 1 aromatic rings. The Labute approximate surface area is 170 Å². The molecule has 28 heavy (non-hydrogen) atoms. The molecule has 0 bridgehead atoms. The smallest absolute Gasteiger partial charge is 0.194 e. The van der Waals surface area contributed by atoms with E-state index < -0.39 is 14.6 Å². The number of rotatable bonds is 5. The lowest BCUT2D eigenvalue weighted by atomic mass is 10.1. The predicted octanol–water partition coefficient (Wildman–Crippen LogP) is 2.98. The molecule has 1 heterocycles. The van der Waals surface area contributed by atoms with Crippen molar-refractivity contribution in [1.82, 2.24) is 10.2 Å². The molecule has 1 aromatic carbocycles. The van der Waals surface area contributed by atoms with Crippen LogP contribution in [0.25, 0.3) is 0 Å². The molecule has 6 nitrogen and oxygen atoms in total. The van der Waals surface area contributed by atoms with Gasteiger partial charge in [0.1, 0.15) is 0 Å². The molecule has 0 aromatic heterocycles. The fourth-order valence-corrected chi connectivity index (χ4v) is 4.40. The van der Waals surface area contributed by atoms with Crippen LogP contribution in [-0.2, 0) is 27.7 Å². The first-order chi connectivity index (χ1) is 12.9. The molecule has 1 saturated heterocycles. The first kappa shape index (κ1) is 22.7. The minimum absolute atomic E-state index is 0.157. The molecule has 7 heteroatoms. The molecule has 0 unspecified atom stereocenters. The minimum atomic E-state index is -3.07. The number of ether oxygens (including phenoxy) is 1. The maximum absolute atomic E-state index is 12.3. The number of hydrogen-bond donors (Lipinski definition) is 1. The molecule has 0 amide bonds. The van der Waals surface area contributed by atoms with Crippen molar-refractivity contribution in [2.75, 3.05) is 25.4 Å². The molecule has 0 aliphatic carbocycles. The quantitative estimate of drug-likeness (QED) is 0.598. The second-order valence-electron chi connectivity index (χ2n) is 8.89. The summed E-state index contributed by atoms with van der Waals surface area (Å²) in [5.74, 6) is 0.922. The average Bonchev–Trinajstić information content (AvgIpc) is 2.59. The van der Waals surface area contributed by atoms with Crippen molar-refractivity contribution in [3.8, 4) is 0 Å². The summed E-state index contributed by atoms with van der Waals surface area (Å²) >= 11 is 0. The van der Waals surface area contributed by atoms with Crippen molar-refractivity contribution >= 4 is 15.8 Å². The highest BCUT2D eigenvalue weighted by molar-refractivity contribution is 7.92. The molecule has 1 aliphatic heterocycles. The maximum Gasteiger partial charge on any atom is 0.194 e. The number of sulfone groups is 1. The van der Waals surface area contributed by atoms with Gasteiger partial charge < -0.3 is 15.0 Å². The standard InChI is InChI=1S/C21H35N3O3S/c1-7-22-19(24-11-12-28(25,26)21(5,6)16-24)23-14-17-9-8-10-18(13-17)15-27-20(2,3)4/h8-10,13H,7,11-12,14-16H2,1-6H3,(H,22,23). The average molecular weight is 410 g/mol. The van der Waals surface area contributed by atoms with E-state index in [-0.39, 0.29) is 11.4 Å². The molecule has 1 fully saturated rings. The summed E-state index contributed by atoms with van der Waals surface area (Å²) in [5.41, 5.74) is 2.06. The van der Waals surface area contributed by atoms with Crippen molar-refractivity contribution in [3.05, 3.63) is 35.4 Å². The lowest BCUT2D eigenvalue weighted by Gasteiger charge is -2.39. The molecule has 0 atom stereocenters. The number of guanidine groups is 1. The lowest BCUT2D eigenvalue weighted by Crippen LogP contribution is -2.57. The van der Waals surface area contributed by atoms with E-state index in [9.17, 15) is 8.42 Å².